The normalized spacial score (nSPS) is 22.4. The van der Waals surface area contributed by atoms with E-state index in [9.17, 15) is 5.11 Å². The van der Waals surface area contributed by atoms with E-state index >= 15 is 0 Å². The molecule has 0 radical (unpaired) electrons. The van der Waals surface area contributed by atoms with Crippen molar-refractivity contribution in [2.24, 2.45) is 5.92 Å². The summed E-state index contributed by atoms with van der Waals surface area (Å²) in [5.74, 6) is 1.31. The van der Waals surface area contributed by atoms with E-state index in [1.165, 1.54) is 50.8 Å². The number of nitrogens with zero attached hydrogens (tertiary/aromatic N) is 1. The highest BCUT2D eigenvalue weighted by Crippen LogP contribution is 2.22. The number of aromatic hydroxyl groups is 1. The first-order chi connectivity index (χ1) is 9.69. The molecule has 1 aliphatic heterocycles. The van der Waals surface area contributed by atoms with Crippen molar-refractivity contribution >= 4 is 0 Å². The molecule has 1 aliphatic rings. The molecule has 1 aromatic carbocycles. The van der Waals surface area contributed by atoms with Gasteiger partial charge in [0.25, 0.3) is 0 Å². The van der Waals surface area contributed by atoms with Gasteiger partial charge in [-0.3, -0.25) is 0 Å². The molecule has 0 spiro atoms. The van der Waals surface area contributed by atoms with Crippen LogP contribution in [0.5, 0.6) is 5.75 Å². The third-order valence-electron chi connectivity index (χ3n) is 4.87. The average Bonchev–Trinajstić information content (AvgIpc) is 2.72. The topological polar surface area (TPSA) is 23.5 Å². The number of phenols is 1. The lowest BCUT2D eigenvalue weighted by Gasteiger charge is -2.27. The Bertz CT molecular complexity index is 387. The molecule has 0 aromatic heterocycles. The van der Waals surface area contributed by atoms with E-state index in [4.69, 9.17) is 0 Å². The summed E-state index contributed by atoms with van der Waals surface area (Å²) in [5.41, 5.74) is 1.33. The first-order valence-corrected chi connectivity index (χ1v) is 8.21. The van der Waals surface area contributed by atoms with Crippen molar-refractivity contribution in [1.29, 1.82) is 0 Å². The number of aryl methyl sites for hydroxylation is 1. The first-order valence-electron chi connectivity index (χ1n) is 8.21. The summed E-state index contributed by atoms with van der Waals surface area (Å²) in [4.78, 5) is 2.68. The van der Waals surface area contributed by atoms with E-state index in [0.717, 1.165) is 12.3 Å². The Labute approximate surface area is 123 Å². The van der Waals surface area contributed by atoms with Gasteiger partial charge in [0.1, 0.15) is 5.75 Å². The van der Waals surface area contributed by atoms with Gasteiger partial charge in [-0.1, -0.05) is 25.5 Å². The number of hydrogen-bond donors (Lipinski definition) is 1. The van der Waals surface area contributed by atoms with Crippen LogP contribution in [0.3, 0.4) is 0 Å². The van der Waals surface area contributed by atoms with Crippen LogP contribution in [0.1, 0.15) is 51.5 Å². The summed E-state index contributed by atoms with van der Waals surface area (Å²) in [6.07, 6.45) is 7.81. The summed E-state index contributed by atoms with van der Waals surface area (Å²) >= 11 is 0. The van der Waals surface area contributed by atoms with Gasteiger partial charge in [0, 0.05) is 6.04 Å². The summed E-state index contributed by atoms with van der Waals surface area (Å²) in [5, 5.41) is 9.31. The second-order valence-electron chi connectivity index (χ2n) is 6.30. The minimum atomic E-state index is 0.361. The Balaban J connectivity index is 1.79. The standard InChI is InChI=1S/C18H29NO/c1-3-16-5-4-13-19(14-12-16)15(2)6-7-17-8-10-18(20)11-9-17/h8-11,15-16,20H,3-7,12-14H2,1-2H3. The van der Waals surface area contributed by atoms with Gasteiger partial charge in [0.05, 0.1) is 0 Å². The molecule has 2 rings (SSSR count). The third-order valence-corrected chi connectivity index (χ3v) is 4.87. The minimum absolute atomic E-state index is 0.361. The van der Waals surface area contributed by atoms with Crippen molar-refractivity contribution in [2.45, 2.75) is 58.4 Å². The molecule has 20 heavy (non-hydrogen) atoms. The van der Waals surface area contributed by atoms with Crippen LogP contribution in [-0.2, 0) is 6.42 Å². The van der Waals surface area contributed by atoms with Gasteiger partial charge in [-0.25, -0.2) is 0 Å². The van der Waals surface area contributed by atoms with Crippen LogP contribution in [0.4, 0.5) is 0 Å². The highest BCUT2D eigenvalue weighted by Gasteiger charge is 2.19. The summed E-state index contributed by atoms with van der Waals surface area (Å²) in [7, 11) is 0. The summed E-state index contributed by atoms with van der Waals surface area (Å²) < 4.78 is 0. The predicted octanol–water partition coefficient (Wildman–Crippen LogP) is 4.23. The van der Waals surface area contributed by atoms with E-state index in [0.29, 0.717) is 11.8 Å². The van der Waals surface area contributed by atoms with Gasteiger partial charge >= 0.3 is 0 Å². The van der Waals surface area contributed by atoms with Crippen molar-refractivity contribution < 1.29 is 5.11 Å². The van der Waals surface area contributed by atoms with E-state index in [1.54, 1.807) is 12.1 Å². The van der Waals surface area contributed by atoms with Crippen LogP contribution in [0.15, 0.2) is 24.3 Å². The molecule has 0 bridgehead atoms. The van der Waals surface area contributed by atoms with Crippen LogP contribution < -0.4 is 0 Å². The lowest BCUT2D eigenvalue weighted by atomic mass is 9.98. The average molecular weight is 275 g/mol. The maximum Gasteiger partial charge on any atom is 0.115 e. The molecule has 1 saturated heterocycles. The molecular formula is C18H29NO. The molecule has 1 fully saturated rings. The van der Waals surface area contributed by atoms with Crippen molar-refractivity contribution in [2.75, 3.05) is 13.1 Å². The van der Waals surface area contributed by atoms with Gasteiger partial charge in [0.2, 0.25) is 0 Å². The van der Waals surface area contributed by atoms with E-state index in [-0.39, 0.29) is 0 Å². The molecule has 112 valence electrons. The maximum atomic E-state index is 9.31. The molecule has 2 atom stereocenters. The molecule has 2 nitrogen and oxygen atoms in total. The highest BCUT2D eigenvalue weighted by atomic mass is 16.3. The lowest BCUT2D eigenvalue weighted by molar-refractivity contribution is 0.204. The van der Waals surface area contributed by atoms with Crippen molar-refractivity contribution in [3.8, 4) is 5.75 Å². The van der Waals surface area contributed by atoms with Crippen LogP contribution in [0.2, 0.25) is 0 Å². The summed E-state index contributed by atoms with van der Waals surface area (Å²) in [6.45, 7) is 7.24. The van der Waals surface area contributed by atoms with Gasteiger partial charge in [0.15, 0.2) is 0 Å². The number of likely N-dealkylation sites (tertiary alicyclic amines) is 1. The van der Waals surface area contributed by atoms with Crippen LogP contribution in [0.25, 0.3) is 0 Å². The molecule has 0 saturated carbocycles. The molecule has 1 heterocycles. The molecule has 2 heteroatoms. The fourth-order valence-electron chi connectivity index (χ4n) is 3.26. The second kappa shape index (κ2) is 7.68. The monoisotopic (exact) mass is 275 g/mol. The Kier molecular flexibility index (Phi) is 5.90. The van der Waals surface area contributed by atoms with Crippen molar-refractivity contribution in [3.05, 3.63) is 29.8 Å². The van der Waals surface area contributed by atoms with Crippen molar-refractivity contribution in [1.82, 2.24) is 4.90 Å². The SMILES string of the molecule is CCC1CCCN(C(C)CCc2ccc(O)cc2)CC1. The van der Waals surface area contributed by atoms with E-state index < -0.39 is 0 Å². The lowest BCUT2D eigenvalue weighted by Crippen LogP contribution is -2.34. The van der Waals surface area contributed by atoms with Crippen LogP contribution in [0, 0.1) is 5.92 Å². The number of rotatable bonds is 5. The fourth-order valence-corrected chi connectivity index (χ4v) is 3.26. The largest absolute Gasteiger partial charge is 0.508 e. The van der Waals surface area contributed by atoms with Gasteiger partial charge in [-0.15, -0.1) is 0 Å². The van der Waals surface area contributed by atoms with Crippen LogP contribution in [-0.4, -0.2) is 29.1 Å². The molecule has 2 unspecified atom stereocenters. The van der Waals surface area contributed by atoms with E-state index in [2.05, 4.69) is 18.7 Å². The zero-order valence-electron chi connectivity index (χ0n) is 13.0. The molecule has 0 amide bonds. The van der Waals surface area contributed by atoms with Crippen molar-refractivity contribution in [3.63, 3.8) is 0 Å². The van der Waals surface area contributed by atoms with Gasteiger partial charge in [-0.2, -0.15) is 0 Å². The zero-order valence-corrected chi connectivity index (χ0v) is 13.0. The number of phenolic OH excluding ortho intramolecular Hbond substituents is 1. The maximum absolute atomic E-state index is 9.31. The quantitative estimate of drug-likeness (QED) is 0.869. The Morgan fingerprint density at radius 2 is 1.95 bits per heavy atom. The molecule has 1 aromatic rings. The Morgan fingerprint density at radius 1 is 1.20 bits per heavy atom. The molecule has 0 aliphatic carbocycles. The number of benzene rings is 1. The van der Waals surface area contributed by atoms with E-state index in [1.807, 2.05) is 12.1 Å². The second-order valence-corrected chi connectivity index (χ2v) is 6.30. The summed E-state index contributed by atoms with van der Waals surface area (Å²) in [6, 6.07) is 8.32. The smallest absolute Gasteiger partial charge is 0.115 e. The predicted molar refractivity (Wildman–Crippen MR) is 85.1 cm³/mol. The Hall–Kier alpha value is -1.02. The van der Waals surface area contributed by atoms with Gasteiger partial charge < -0.3 is 10.0 Å². The first kappa shape index (κ1) is 15.4. The fraction of sp³-hybridized carbons (Fsp3) is 0.667. The minimum Gasteiger partial charge on any atom is -0.508 e. The van der Waals surface area contributed by atoms with Crippen LogP contribution >= 0.6 is 0 Å². The molecular weight excluding hydrogens is 246 g/mol. The number of hydrogen-bond acceptors (Lipinski definition) is 2. The third kappa shape index (κ3) is 4.52. The zero-order chi connectivity index (χ0) is 14.4. The van der Waals surface area contributed by atoms with Gasteiger partial charge in [-0.05, 0) is 75.7 Å². The molecule has 1 N–H and O–H groups in total. The highest BCUT2D eigenvalue weighted by molar-refractivity contribution is 5.25. The Morgan fingerprint density at radius 3 is 2.65 bits per heavy atom.